The zero-order valence-corrected chi connectivity index (χ0v) is 17.0. The number of ether oxygens (including phenoxy) is 2. The highest BCUT2D eigenvalue weighted by molar-refractivity contribution is 6.06. The number of carbonyl (C=O) groups excluding carboxylic acids is 1. The Morgan fingerprint density at radius 2 is 1.76 bits per heavy atom. The molecule has 0 spiro atoms. The van der Waals surface area contributed by atoms with Crippen LogP contribution in [-0.2, 0) is 6.54 Å². The molecule has 1 aliphatic rings. The maximum Gasteiger partial charge on any atom is 0.259 e. The van der Waals surface area contributed by atoms with Crippen LogP contribution in [0.15, 0.2) is 42.5 Å². The van der Waals surface area contributed by atoms with Crippen molar-refractivity contribution in [3.8, 4) is 11.5 Å². The largest absolute Gasteiger partial charge is 0.490 e. The minimum absolute atomic E-state index is 0.176. The molecular formula is C23H25N3O3. The first kappa shape index (κ1) is 19.1. The molecule has 2 aromatic carbocycles. The van der Waals surface area contributed by atoms with Crippen molar-refractivity contribution in [1.29, 1.82) is 0 Å². The summed E-state index contributed by atoms with van der Waals surface area (Å²) in [7, 11) is 0. The Labute approximate surface area is 170 Å². The van der Waals surface area contributed by atoms with E-state index in [1.807, 2.05) is 30.7 Å². The minimum Gasteiger partial charge on any atom is -0.490 e. The van der Waals surface area contributed by atoms with Crippen LogP contribution in [0, 0.1) is 20.8 Å². The van der Waals surface area contributed by atoms with Gasteiger partial charge in [-0.2, -0.15) is 5.10 Å². The number of benzene rings is 2. The van der Waals surface area contributed by atoms with Crippen LogP contribution in [0.3, 0.4) is 0 Å². The fraction of sp³-hybridized carbons (Fsp3) is 0.304. The monoisotopic (exact) mass is 391 g/mol. The second kappa shape index (κ2) is 7.99. The summed E-state index contributed by atoms with van der Waals surface area (Å²) in [6, 6.07) is 13.8. The number of rotatable bonds is 4. The van der Waals surface area contributed by atoms with Crippen LogP contribution in [0.1, 0.15) is 39.3 Å². The lowest BCUT2D eigenvalue weighted by atomic mass is 10.1. The Morgan fingerprint density at radius 3 is 2.52 bits per heavy atom. The van der Waals surface area contributed by atoms with Gasteiger partial charge in [-0.25, -0.2) is 0 Å². The lowest BCUT2D eigenvalue weighted by Crippen LogP contribution is -2.14. The third-order valence-corrected chi connectivity index (χ3v) is 5.07. The van der Waals surface area contributed by atoms with Gasteiger partial charge in [0.1, 0.15) is 0 Å². The number of anilines is 1. The average molecular weight is 391 g/mol. The van der Waals surface area contributed by atoms with Crippen molar-refractivity contribution < 1.29 is 14.3 Å². The molecular weight excluding hydrogens is 366 g/mol. The molecule has 4 rings (SSSR count). The second-order valence-corrected chi connectivity index (χ2v) is 7.36. The maximum atomic E-state index is 13.0. The van der Waals surface area contributed by atoms with E-state index in [1.165, 1.54) is 5.56 Å². The summed E-state index contributed by atoms with van der Waals surface area (Å²) in [6.45, 7) is 7.73. The molecule has 1 N–H and O–H groups in total. The van der Waals surface area contributed by atoms with E-state index < -0.39 is 0 Å². The molecule has 3 aromatic rings. The van der Waals surface area contributed by atoms with Gasteiger partial charge in [0.05, 0.1) is 31.0 Å². The summed E-state index contributed by atoms with van der Waals surface area (Å²) in [5.41, 5.74) is 5.19. The van der Waals surface area contributed by atoms with E-state index in [2.05, 4.69) is 41.6 Å². The predicted octanol–water partition coefficient (Wildman–Crippen LogP) is 4.27. The van der Waals surface area contributed by atoms with Crippen LogP contribution in [0.25, 0.3) is 0 Å². The highest BCUT2D eigenvalue weighted by Crippen LogP contribution is 2.32. The van der Waals surface area contributed by atoms with Gasteiger partial charge in [-0.05, 0) is 38.5 Å². The fourth-order valence-corrected chi connectivity index (χ4v) is 3.48. The molecule has 0 bridgehead atoms. The van der Waals surface area contributed by atoms with Gasteiger partial charge in [0.2, 0.25) is 0 Å². The Bertz CT molecular complexity index is 1040. The van der Waals surface area contributed by atoms with Crippen LogP contribution >= 0.6 is 0 Å². The van der Waals surface area contributed by atoms with Crippen molar-refractivity contribution in [2.24, 2.45) is 0 Å². The molecule has 1 aliphatic heterocycles. The summed E-state index contributed by atoms with van der Waals surface area (Å²) in [5.74, 6) is 1.19. The number of carbonyl (C=O) groups is 1. The van der Waals surface area contributed by atoms with E-state index in [4.69, 9.17) is 9.47 Å². The van der Waals surface area contributed by atoms with Crippen molar-refractivity contribution in [3.63, 3.8) is 0 Å². The first-order valence-corrected chi connectivity index (χ1v) is 9.82. The molecule has 1 aromatic heterocycles. The van der Waals surface area contributed by atoms with Gasteiger partial charge in [-0.3, -0.25) is 9.48 Å². The van der Waals surface area contributed by atoms with Gasteiger partial charge in [0.25, 0.3) is 5.91 Å². The van der Waals surface area contributed by atoms with Crippen LogP contribution in [-0.4, -0.2) is 28.9 Å². The SMILES string of the molecule is Cc1ccc(Cn2nc(C)c(C(=O)Nc3ccc4c(c3)OCCCO4)c2C)cc1. The summed E-state index contributed by atoms with van der Waals surface area (Å²) in [6.07, 6.45) is 0.842. The first-order chi connectivity index (χ1) is 14.0. The Hall–Kier alpha value is -3.28. The average Bonchev–Trinajstić information content (AvgIpc) is 2.85. The third-order valence-electron chi connectivity index (χ3n) is 5.07. The molecule has 0 atom stereocenters. The number of amides is 1. The Kier molecular flexibility index (Phi) is 5.25. The van der Waals surface area contributed by atoms with E-state index in [-0.39, 0.29) is 5.91 Å². The number of hydrogen-bond acceptors (Lipinski definition) is 4. The number of aryl methyl sites for hydroxylation is 2. The molecule has 1 amide bonds. The molecule has 0 fully saturated rings. The van der Waals surface area contributed by atoms with Crippen LogP contribution < -0.4 is 14.8 Å². The van der Waals surface area contributed by atoms with Gasteiger partial charge >= 0.3 is 0 Å². The quantitative estimate of drug-likeness (QED) is 0.721. The third kappa shape index (κ3) is 4.11. The van der Waals surface area contributed by atoms with Crippen LogP contribution in [0.4, 0.5) is 5.69 Å². The minimum atomic E-state index is -0.176. The zero-order chi connectivity index (χ0) is 20.4. The smallest absolute Gasteiger partial charge is 0.259 e. The summed E-state index contributed by atoms with van der Waals surface area (Å²) in [5, 5.41) is 7.55. The molecule has 6 nitrogen and oxygen atoms in total. The highest BCUT2D eigenvalue weighted by Gasteiger charge is 2.20. The molecule has 29 heavy (non-hydrogen) atoms. The number of nitrogens with one attached hydrogen (secondary N) is 1. The molecule has 2 heterocycles. The number of fused-ring (bicyclic) bond motifs is 1. The summed E-state index contributed by atoms with van der Waals surface area (Å²) in [4.78, 5) is 13.0. The van der Waals surface area contributed by atoms with E-state index in [1.54, 1.807) is 6.07 Å². The summed E-state index contributed by atoms with van der Waals surface area (Å²) >= 11 is 0. The molecule has 0 unspecified atom stereocenters. The predicted molar refractivity (Wildman–Crippen MR) is 112 cm³/mol. The standard InChI is InChI=1S/C23H25N3O3/c1-15-5-7-18(8-6-15)14-26-17(3)22(16(2)25-26)23(27)24-19-9-10-20-21(13-19)29-12-4-11-28-20/h5-10,13H,4,11-12,14H2,1-3H3,(H,24,27). The molecule has 0 saturated carbocycles. The Morgan fingerprint density at radius 1 is 1.03 bits per heavy atom. The van der Waals surface area contributed by atoms with Gasteiger partial charge < -0.3 is 14.8 Å². The van der Waals surface area contributed by atoms with Gasteiger partial charge in [-0.1, -0.05) is 29.8 Å². The van der Waals surface area contributed by atoms with Crippen molar-refractivity contribution >= 4 is 11.6 Å². The topological polar surface area (TPSA) is 65.4 Å². The molecule has 150 valence electrons. The first-order valence-electron chi connectivity index (χ1n) is 9.82. The van der Waals surface area contributed by atoms with Crippen molar-refractivity contribution in [2.75, 3.05) is 18.5 Å². The van der Waals surface area contributed by atoms with E-state index >= 15 is 0 Å². The van der Waals surface area contributed by atoms with Gasteiger partial charge in [0, 0.05) is 23.9 Å². The normalized spacial score (nSPS) is 13.1. The number of hydrogen-bond donors (Lipinski definition) is 1. The molecule has 0 radical (unpaired) electrons. The molecule has 0 aliphatic carbocycles. The fourth-order valence-electron chi connectivity index (χ4n) is 3.48. The lowest BCUT2D eigenvalue weighted by Gasteiger charge is -2.11. The van der Waals surface area contributed by atoms with Crippen molar-refractivity contribution in [1.82, 2.24) is 9.78 Å². The molecule has 0 saturated heterocycles. The Balaban J connectivity index is 1.54. The lowest BCUT2D eigenvalue weighted by molar-refractivity contribution is 0.102. The summed E-state index contributed by atoms with van der Waals surface area (Å²) < 4.78 is 13.2. The molecule has 6 heteroatoms. The number of nitrogens with zero attached hydrogens (tertiary/aromatic N) is 2. The van der Waals surface area contributed by atoms with E-state index in [0.717, 1.165) is 17.7 Å². The van der Waals surface area contributed by atoms with Crippen molar-refractivity contribution in [2.45, 2.75) is 33.7 Å². The van der Waals surface area contributed by atoms with Gasteiger partial charge in [-0.15, -0.1) is 0 Å². The second-order valence-electron chi connectivity index (χ2n) is 7.36. The van der Waals surface area contributed by atoms with Crippen LogP contribution in [0.2, 0.25) is 0 Å². The highest BCUT2D eigenvalue weighted by atomic mass is 16.5. The zero-order valence-electron chi connectivity index (χ0n) is 17.0. The van der Waals surface area contributed by atoms with E-state index in [0.29, 0.717) is 48.2 Å². The maximum absolute atomic E-state index is 13.0. The van der Waals surface area contributed by atoms with Crippen LogP contribution in [0.5, 0.6) is 11.5 Å². The number of aromatic nitrogens is 2. The van der Waals surface area contributed by atoms with Crippen molar-refractivity contribution in [3.05, 3.63) is 70.5 Å². The van der Waals surface area contributed by atoms with Gasteiger partial charge in [0.15, 0.2) is 11.5 Å². The van der Waals surface area contributed by atoms with E-state index in [9.17, 15) is 4.79 Å².